The summed E-state index contributed by atoms with van der Waals surface area (Å²) in [6, 6.07) is 0.573. The Morgan fingerprint density at radius 3 is 2.53 bits per heavy atom. The highest BCUT2D eigenvalue weighted by atomic mass is 16.1. The van der Waals surface area contributed by atoms with Crippen molar-refractivity contribution in [3.63, 3.8) is 0 Å². The molecule has 0 spiro atoms. The molecule has 0 radical (unpaired) electrons. The minimum atomic E-state index is 0.134. The number of amides is 1. The maximum absolute atomic E-state index is 11.4. The number of carbonyl (C=O) groups is 1. The average Bonchev–Trinajstić information content (AvgIpc) is 2.25. The molecule has 0 aliphatic heterocycles. The van der Waals surface area contributed by atoms with Gasteiger partial charge in [-0.3, -0.25) is 4.79 Å². The fraction of sp³-hybridized carbons (Fsp3) is 0.917. The minimum Gasteiger partial charge on any atom is -0.355 e. The normalized spacial score (nSPS) is 18.1. The Morgan fingerprint density at radius 1 is 1.27 bits per heavy atom. The first-order valence-electron chi connectivity index (χ1n) is 6.18. The Labute approximate surface area is 93.0 Å². The van der Waals surface area contributed by atoms with E-state index in [2.05, 4.69) is 24.5 Å². The Balaban J connectivity index is 2.05. The molecule has 3 heteroatoms. The van der Waals surface area contributed by atoms with Gasteiger partial charge in [-0.1, -0.05) is 33.1 Å². The molecule has 1 rings (SSSR count). The first-order chi connectivity index (χ1) is 7.18. The van der Waals surface area contributed by atoms with Crippen LogP contribution in [0.4, 0.5) is 0 Å². The van der Waals surface area contributed by atoms with Crippen molar-refractivity contribution in [3.8, 4) is 0 Å². The molecule has 1 aliphatic carbocycles. The molecule has 0 atom stereocenters. The Kier molecular flexibility index (Phi) is 5.69. The van der Waals surface area contributed by atoms with Crippen LogP contribution >= 0.6 is 0 Å². The third-order valence-corrected chi connectivity index (χ3v) is 2.86. The Hall–Kier alpha value is -0.570. The van der Waals surface area contributed by atoms with Gasteiger partial charge < -0.3 is 10.6 Å². The van der Waals surface area contributed by atoms with Crippen molar-refractivity contribution in [1.29, 1.82) is 0 Å². The second-order valence-electron chi connectivity index (χ2n) is 4.91. The molecule has 0 aromatic rings. The van der Waals surface area contributed by atoms with Gasteiger partial charge in [-0.05, 0) is 18.8 Å². The van der Waals surface area contributed by atoms with Crippen LogP contribution in [0.3, 0.4) is 0 Å². The summed E-state index contributed by atoms with van der Waals surface area (Å²) in [5, 5.41) is 6.25. The summed E-state index contributed by atoms with van der Waals surface area (Å²) in [6.07, 6.45) is 6.45. The number of hydrogen-bond donors (Lipinski definition) is 2. The van der Waals surface area contributed by atoms with Gasteiger partial charge in [-0.25, -0.2) is 0 Å². The third-order valence-electron chi connectivity index (χ3n) is 2.86. The predicted molar refractivity (Wildman–Crippen MR) is 62.7 cm³/mol. The smallest absolute Gasteiger partial charge is 0.233 e. The van der Waals surface area contributed by atoms with E-state index in [1.165, 1.54) is 32.1 Å². The summed E-state index contributed by atoms with van der Waals surface area (Å²) >= 11 is 0. The molecule has 0 aromatic heterocycles. The van der Waals surface area contributed by atoms with Crippen LogP contribution in [0.5, 0.6) is 0 Å². The van der Waals surface area contributed by atoms with Gasteiger partial charge in [0.25, 0.3) is 0 Å². The van der Waals surface area contributed by atoms with Gasteiger partial charge in [0.05, 0.1) is 6.54 Å². The summed E-state index contributed by atoms with van der Waals surface area (Å²) in [5.41, 5.74) is 0. The van der Waals surface area contributed by atoms with Crippen LogP contribution in [0.15, 0.2) is 0 Å². The van der Waals surface area contributed by atoms with Crippen LogP contribution in [-0.2, 0) is 4.79 Å². The van der Waals surface area contributed by atoms with Crippen molar-refractivity contribution in [2.45, 2.75) is 52.0 Å². The maximum atomic E-state index is 11.4. The molecular weight excluding hydrogens is 188 g/mol. The minimum absolute atomic E-state index is 0.134. The van der Waals surface area contributed by atoms with Crippen molar-refractivity contribution < 1.29 is 4.79 Å². The lowest BCUT2D eigenvalue weighted by Crippen LogP contribution is -2.40. The van der Waals surface area contributed by atoms with E-state index in [0.29, 0.717) is 18.5 Å². The van der Waals surface area contributed by atoms with E-state index in [0.717, 1.165) is 6.54 Å². The van der Waals surface area contributed by atoms with E-state index in [9.17, 15) is 4.79 Å². The highest BCUT2D eigenvalue weighted by Gasteiger charge is 2.13. The van der Waals surface area contributed by atoms with Crippen LogP contribution < -0.4 is 10.6 Å². The fourth-order valence-electron chi connectivity index (χ4n) is 1.92. The highest BCUT2D eigenvalue weighted by Crippen LogP contribution is 2.16. The van der Waals surface area contributed by atoms with E-state index in [1.807, 2.05) is 0 Å². The molecule has 1 fully saturated rings. The lowest BCUT2D eigenvalue weighted by atomic mass is 9.95. The van der Waals surface area contributed by atoms with Gasteiger partial charge >= 0.3 is 0 Å². The topological polar surface area (TPSA) is 41.1 Å². The molecule has 1 saturated carbocycles. The zero-order valence-electron chi connectivity index (χ0n) is 10.0. The lowest BCUT2D eigenvalue weighted by molar-refractivity contribution is -0.120. The third kappa shape index (κ3) is 5.78. The van der Waals surface area contributed by atoms with Gasteiger partial charge in [-0.2, -0.15) is 0 Å². The summed E-state index contributed by atoms with van der Waals surface area (Å²) in [7, 11) is 0. The molecule has 3 nitrogen and oxygen atoms in total. The fourth-order valence-corrected chi connectivity index (χ4v) is 1.92. The lowest BCUT2D eigenvalue weighted by Gasteiger charge is -2.22. The Bertz CT molecular complexity index is 186. The molecule has 0 aromatic carbocycles. The van der Waals surface area contributed by atoms with E-state index in [1.54, 1.807) is 0 Å². The van der Waals surface area contributed by atoms with E-state index < -0.39 is 0 Å². The largest absolute Gasteiger partial charge is 0.355 e. The first kappa shape index (κ1) is 12.5. The molecule has 0 bridgehead atoms. The van der Waals surface area contributed by atoms with E-state index in [-0.39, 0.29) is 5.91 Å². The molecule has 0 unspecified atom stereocenters. The van der Waals surface area contributed by atoms with Gasteiger partial charge in [0.1, 0.15) is 0 Å². The van der Waals surface area contributed by atoms with Crippen LogP contribution in [0.2, 0.25) is 0 Å². The first-order valence-corrected chi connectivity index (χ1v) is 6.18. The molecule has 2 N–H and O–H groups in total. The van der Waals surface area contributed by atoms with Crippen LogP contribution in [0.25, 0.3) is 0 Å². The molecule has 0 heterocycles. The van der Waals surface area contributed by atoms with Crippen molar-refractivity contribution in [3.05, 3.63) is 0 Å². The molecule has 0 saturated heterocycles. The summed E-state index contributed by atoms with van der Waals surface area (Å²) < 4.78 is 0. The molecule has 15 heavy (non-hydrogen) atoms. The van der Waals surface area contributed by atoms with E-state index >= 15 is 0 Å². The summed E-state index contributed by atoms with van der Waals surface area (Å²) in [4.78, 5) is 11.4. The maximum Gasteiger partial charge on any atom is 0.233 e. The number of hydrogen-bond acceptors (Lipinski definition) is 2. The number of rotatable bonds is 5. The standard InChI is InChI=1S/C12H24N2O/c1-10(2)8-14-12(15)9-13-11-6-4-3-5-7-11/h10-11,13H,3-9H2,1-2H3,(H,14,15). The zero-order chi connectivity index (χ0) is 11.1. The SMILES string of the molecule is CC(C)CNC(=O)CNC1CCCCC1. The van der Waals surface area contributed by atoms with Crippen LogP contribution in [-0.4, -0.2) is 25.0 Å². The number of carbonyl (C=O) groups excluding carboxylic acids is 1. The second-order valence-corrected chi connectivity index (χ2v) is 4.91. The van der Waals surface area contributed by atoms with Crippen LogP contribution in [0, 0.1) is 5.92 Å². The van der Waals surface area contributed by atoms with Gasteiger partial charge in [-0.15, -0.1) is 0 Å². The van der Waals surface area contributed by atoms with Gasteiger partial charge in [0, 0.05) is 12.6 Å². The summed E-state index contributed by atoms with van der Waals surface area (Å²) in [6.45, 7) is 5.48. The molecule has 1 amide bonds. The summed E-state index contributed by atoms with van der Waals surface area (Å²) in [5.74, 6) is 0.665. The van der Waals surface area contributed by atoms with Crippen molar-refractivity contribution in [2.75, 3.05) is 13.1 Å². The monoisotopic (exact) mass is 212 g/mol. The predicted octanol–water partition coefficient (Wildman–Crippen LogP) is 1.68. The quantitative estimate of drug-likeness (QED) is 0.728. The van der Waals surface area contributed by atoms with Crippen molar-refractivity contribution >= 4 is 5.91 Å². The zero-order valence-corrected chi connectivity index (χ0v) is 10.0. The van der Waals surface area contributed by atoms with Gasteiger partial charge in [0.15, 0.2) is 0 Å². The van der Waals surface area contributed by atoms with E-state index in [4.69, 9.17) is 0 Å². The number of nitrogens with one attached hydrogen (secondary N) is 2. The Morgan fingerprint density at radius 2 is 1.93 bits per heavy atom. The van der Waals surface area contributed by atoms with Crippen molar-refractivity contribution in [1.82, 2.24) is 10.6 Å². The van der Waals surface area contributed by atoms with Crippen LogP contribution in [0.1, 0.15) is 46.0 Å². The molecular formula is C12H24N2O. The molecule has 88 valence electrons. The molecule has 1 aliphatic rings. The second kappa shape index (κ2) is 6.83. The van der Waals surface area contributed by atoms with Gasteiger partial charge in [0.2, 0.25) is 5.91 Å². The highest BCUT2D eigenvalue weighted by molar-refractivity contribution is 5.77. The average molecular weight is 212 g/mol. The van der Waals surface area contributed by atoms with Crippen molar-refractivity contribution in [2.24, 2.45) is 5.92 Å².